The van der Waals surface area contributed by atoms with Gasteiger partial charge in [0.2, 0.25) is 5.91 Å². The molecule has 0 saturated heterocycles. The van der Waals surface area contributed by atoms with Crippen molar-refractivity contribution in [2.24, 2.45) is 11.8 Å². The number of anilines is 1. The number of thiazole rings is 1. The second-order valence-corrected chi connectivity index (χ2v) is 7.98. The molecule has 0 radical (unpaired) electrons. The summed E-state index contributed by atoms with van der Waals surface area (Å²) in [6, 6.07) is 2.55. The van der Waals surface area contributed by atoms with Crippen LogP contribution in [0.5, 0.6) is 0 Å². The third-order valence-corrected chi connectivity index (χ3v) is 5.43. The summed E-state index contributed by atoms with van der Waals surface area (Å²) in [7, 11) is 0. The van der Waals surface area contributed by atoms with Crippen molar-refractivity contribution in [3.8, 4) is 0 Å². The molecule has 1 aliphatic carbocycles. The van der Waals surface area contributed by atoms with Gasteiger partial charge in [0.05, 0.1) is 12.0 Å². The number of nitrogens with one attached hydrogen (secondary N) is 2. The predicted molar refractivity (Wildman–Crippen MR) is 96.7 cm³/mol. The van der Waals surface area contributed by atoms with Crippen molar-refractivity contribution >= 4 is 28.3 Å². The van der Waals surface area contributed by atoms with Crippen LogP contribution in [0.25, 0.3) is 0 Å². The fraction of sp³-hybridized carbons (Fsp3) is 0.500. The highest BCUT2D eigenvalue weighted by atomic mass is 32.1. The number of hydrogen-bond donors (Lipinski definition) is 2. The van der Waals surface area contributed by atoms with Crippen molar-refractivity contribution in [3.63, 3.8) is 0 Å². The number of hydrogen-bond acceptors (Lipinski definition) is 5. The van der Waals surface area contributed by atoms with Gasteiger partial charge in [-0.3, -0.25) is 9.59 Å². The maximum Gasteiger partial charge on any atom is 0.287 e. The standard InChI is InChI=1S/C18H23N3O3S/c1-10(2)15(20-16(22)13-5-4-8-24-13)17(23)21-18-19-12-7-6-11(3)9-14(12)25-18/h4-5,8,10-11,15H,6-7,9H2,1-3H3,(H,20,22)(H,19,21,23)/t11?,15-/m0/s1. The molecule has 6 nitrogen and oxygen atoms in total. The zero-order chi connectivity index (χ0) is 18.0. The summed E-state index contributed by atoms with van der Waals surface area (Å²) in [5.41, 5.74) is 1.10. The first-order valence-corrected chi connectivity index (χ1v) is 9.39. The lowest BCUT2D eigenvalue weighted by molar-refractivity contribution is -0.118. The monoisotopic (exact) mass is 361 g/mol. The molecule has 1 unspecified atom stereocenters. The maximum atomic E-state index is 12.6. The van der Waals surface area contributed by atoms with Gasteiger partial charge in [-0.2, -0.15) is 0 Å². The number of carbonyl (C=O) groups is 2. The number of furan rings is 1. The normalized spacial score (nSPS) is 17.8. The van der Waals surface area contributed by atoms with E-state index < -0.39 is 11.9 Å². The van der Waals surface area contributed by atoms with Crippen molar-refractivity contribution < 1.29 is 14.0 Å². The number of aromatic nitrogens is 1. The third-order valence-electron chi connectivity index (χ3n) is 4.40. The maximum absolute atomic E-state index is 12.6. The minimum absolute atomic E-state index is 0.0616. The highest BCUT2D eigenvalue weighted by Gasteiger charge is 2.27. The number of fused-ring (bicyclic) bond motifs is 1. The molecule has 2 aromatic heterocycles. The Morgan fingerprint density at radius 1 is 1.40 bits per heavy atom. The van der Waals surface area contributed by atoms with Crippen molar-refractivity contribution in [3.05, 3.63) is 34.7 Å². The molecule has 2 N–H and O–H groups in total. The van der Waals surface area contributed by atoms with Gasteiger partial charge in [-0.1, -0.05) is 20.8 Å². The Morgan fingerprint density at radius 2 is 2.20 bits per heavy atom. The van der Waals surface area contributed by atoms with Gasteiger partial charge < -0.3 is 15.1 Å². The van der Waals surface area contributed by atoms with Gasteiger partial charge >= 0.3 is 0 Å². The SMILES string of the molecule is CC1CCc2nc(NC(=O)[C@@H](NC(=O)c3ccco3)C(C)C)sc2C1. The first-order valence-electron chi connectivity index (χ1n) is 8.58. The van der Waals surface area contributed by atoms with E-state index in [4.69, 9.17) is 4.42 Å². The second kappa shape index (κ2) is 7.39. The fourth-order valence-electron chi connectivity index (χ4n) is 2.93. The van der Waals surface area contributed by atoms with Gasteiger partial charge in [-0.05, 0) is 43.2 Å². The zero-order valence-corrected chi connectivity index (χ0v) is 15.5. The number of amides is 2. The highest BCUT2D eigenvalue weighted by molar-refractivity contribution is 7.15. The summed E-state index contributed by atoms with van der Waals surface area (Å²) in [4.78, 5) is 30.6. The Morgan fingerprint density at radius 3 is 2.88 bits per heavy atom. The molecule has 1 aliphatic rings. The molecule has 3 rings (SSSR count). The average molecular weight is 361 g/mol. The predicted octanol–water partition coefficient (Wildman–Crippen LogP) is 3.25. The van der Waals surface area contributed by atoms with Crippen LogP contribution in [0.3, 0.4) is 0 Å². The van der Waals surface area contributed by atoms with Crippen LogP contribution in [-0.4, -0.2) is 22.8 Å². The Kier molecular flexibility index (Phi) is 5.22. The van der Waals surface area contributed by atoms with E-state index in [1.807, 2.05) is 13.8 Å². The van der Waals surface area contributed by atoms with Crippen LogP contribution in [0.15, 0.2) is 22.8 Å². The minimum atomic E-state index is -0.655. The van der Waals surface area contributed by atoms with Gasteiger partial charge in [0.25, 0.3) is 5.91 Å². The molecular formula is C18H23N3O3S. The van der Waals surface area contributed by atoms with Crippen LogP contribution in [0, 0.1) is 11.8 Å². The van der Waals surface area contributed by atoms with E-state index in [0.29, 0.717) is 11.0 Å². The van der Waals surface area contributed by atoms with Crippen molar-refractivity contribution in [1.29, 1.82) is 0 Å². The lowest BCUT2D eigenvalue weighted by atomic mass is 9.93. The molecule has 2 amide bonds. The van der Waals surface area contributed by atoms with Crippen LogP contribution in [-0.2, 0) is 17.6 Å². The summed E-state index contributed by atoms with van der Waals surface area (Å²) in [5.74, 6) is 0.137. The first kappa shape index (κ1) is 17.7. The van der Waals surface area contributed by atoms with Crippen LogP contribution in [0.4, 0.5) is 5.13 Å². The van der Waals surface area contributed by atoms with E-state index in [1.165, 1.54) is 22.5 Å². The topological polar surface area (TPSA) is 84.2 Å². The van der Waals surface area contributed by atoms with E-state index in [1.54, 1.807) is 12.1 Å². The van der Waals surface area contributed by atoms with Crippen LogP contribution < -0.4 is 10.6 Å². The first-order chi connectivity index (χ1) is 11.9. The molecule has 2 atom stereocenters. The van der Waals surface area contributed by atoms with Crippen molar-refractivity contribution in [2.45, 2.75) is 46.1 Å². The minimum Gasteiger partial charge on any atom is -0.459 e. The number of nitrogens with zero attached hydrogens (tertiary/aromatic N) is 1. The molecule has 0 saturated carbocycles. The van der Waals surface area contributed by atoms with Crippen LogP contribution in [0.1, 0.15) is 48.3 Å². The quantitative estimate of drug-likeness (QED) is 0.856. The van der Waals surface area contributed by atoms with E-state index in [-0.39, 0.29) is 17.6 Å². The second-order valence-electron chi connectivity index (χ2n) is 6.90. The molecule has 134 valence electrons. The lowest BCUT2D eigenvalue weighted by Crippen LogP contribution is -2.47. The van der Waals surface area contributed by atoms with E-state index in [0.717, 1.165) is 25.0 Å². The van der Waals surface area contributed by atoms with Crippen molar-refractivity contribution in [2.75, 3.05) is 5.32 Å². The molecule has 2 heterocycles. The molecule has 7 heteroatoms. The van der Waals surface area contributed by atoms with E-state index >= 15 is 0 Å². The number of aryl methyl sites for hydroxylation is 1. The number of rotatable bonds is 5. The summed E-state index contributed by atoms with van der Waals surface area (Å²) >= 11 is 1.54. The van der Waals surface area contributed by atoms with Gasteiger partial charge in [0, 0.05) is 4.88 Å². The van der Waals surface area contributed by atoms with Crippen molar-refractivity contribution in [1.82, 2.24) is 10.3 Å². The summed E-state index contributed by atoms with van der Waals surface area (Å²) < 4.78 is 5.09. The van der Waals surface area contributed by atoms with E-state index in [2.05, 4.69) is 22.5 Å². The smallest absolute Gasteiger partial charge is 0.287 e. The van der Waals surface area contributed by atoms with Gasteiger partial charge in [0.15, 0.2) is 10.9 Å². The molecule has 0 spiro atoms. The largest absolute Gasteiger partial charge is 0.459 e. The summed E-state index contributed by atoms with van der Waals surface area (Å²) in [6.45, 7) is 6.02. The molecule has 0 fully saturated rings. The number of carbonyl (C=O) groups excluding carboxylic acids is 2. The Balaban J connectivity index is 1.68. The molecule has 0 aromatic carbocycles. The molecule has 2 aromatic rings. The Labute approximate surface area is 151 Å². The van der Waals surface area contributed by atoms with Gasteiger partial charge in [0.1, 0.15) is 6.04 Å². The van der Waals surface area contributed by atoms with Gasteiger partial charge in [-0.25, -0.2) is 4.98 Å². The zero-order valence-electron chi connectivity index (χ0n) is 14.7. The molecule has 0 aliphatic heterocycles. The molecular weight excluding hydrogens is 338 g/mol. The van der Waals surface area contributed by atoms with Gasteiger partial charge in [-0.15, -0.1) is 11.3 Å². The highest BCUT2D eigenvalue weighted by Crippen LogP contribution is 2.32. The lowest BCUT2D eigenvalue weighted by Gasteiger charge is -2.20. The summed E-state index contributed by atoms with van der Waals surface area (Å²) in [6.07, 6.45) is 4.55. The van der Waals surface area contributed by atoms with Crippen LogP contribution >= 0.6 is 11.3 Å². The summed E-state index contributed by atoms with van der Waals surface area (Å²) in [5, 5.41) is 6.22. The average Bonchev–Trinajstić information content (AvgIpc) is 3.20. The third kappa shape index (κ3) is 4.10. The van der Waals surface area contributed by atoms with Crippen LogP contribution in [0.2, 0.25) is 0 Å². The Hall–Kier alpha value is -2.15. The molecule has 0 bridgehead atoms. The van der Waals surface area contributed by atoms with E-state index in [9.17, 15) is 9.59 Å². The Bertz CT molecular complexity index is 752. The fourth-order valence-corrected chi connectivity index (χ4v) is 4.11. The molecule has 25 heavy (non-hydrogen) atoms.